The molecule has 5 heteroatoms. The Bertz CT molecular complexity index is 442. The minimum Gasteiger partial charge on any atom is -0.355 e. The van der Waals surface area contributed by atoms with Crippen molar-refractivity contribution >= 4 is 11.8 Å². The van der Waals surface area contributed by atoms with E-state index < -0.39 is 0 Å². The van der Waals surface area contributed by atoms with Gasteiger partial charge in [-0.25, -0.2) is 0 Å². The monoisotopic (exact) mass is 247 g/mol. The molecule has 1 saturated heterocycles. The van der Waals surface area contributed by atoms with Crippen LogP contribution in [-0.2, 0) is 22.7 Å². The van der Waals surface area contributed by atoms with Gasteiger partial charge in [0.15, 0.2) is 0 Å². The highest BCUT2D eigenvalue weighted by Crippen LogP contribution is 2.09. The number of nitrogens with two attached hydrogens (primary N) is 1. The summed E-state index contributed by atoms with van der Waals surface area (Å²) in [5, 5.41) is 5.49. The van der Waals surface area contributed by atoms with Crippen LogP contribution in [0.15, 0.2) is 24.3 Å². The summed E-state index contributed by atoms with van der Waals surface area (Å²) in [5.41, 5.74) is 7.60. The molecule has 1 atom stereocenters. The van der Waals surface area contributed by atoms with Gasteiger partial charge in [-0.05, 0) is 11.1 Å². The van der Waals surface area contributed by atoms with Crippen LogP contribution >= 0.6 is 0 Å². The molecule has 0 bridgehead atoms. The number of benzene rings is 1. The molecular weight excluding hydrogens is 230 g/mol. The van der Waals surface area contributed by atoms with Gasteiger partial charge in [0.25, 0.3) is 0 Å². The number of carbonyl (C=O) groups excluding carboxylic acids is 2. The molecule has 0 radical (unpaired) electrons. The highest BCUT2D eigenvalue weighted by atomic mass is 16.2. The fourth-order valence-electron chi connectivity index (χ4n) is 1.92. The van der Waals surface area contributed by atoms with Gasteiger partial charge >= 0.3 is 0 Å². The molecular formula is C13H17N3O2. The van der Waals surface area contributed by atoms with Gasteiger partial charge in [0.05, 0.1) is 5.92 Å². The van der Waals surface area contributed by atoms with Gasteiger partial charge in [0.1, 0.15) is 0 Å². The predicted molar refractivity (Wildman–Crippen MR) is 67.3 cm³/mol. The lowest BCUT2D eigenvalue weighted by atomic mass is 10.1. The first kappa shape index (κ1) is 12.6. The molecule has 2 amide bonds. The summed E-state index contributed by atoms with van der Waals surface area (Å²) in [5.74, 6) is -0.362. The largest absolute Gasteiger partial charge is 0.355 e. The zero-order valence-electron chi connectivity index (χ0n) is 10.1. The highest BCUT2D eigenvalue weighted by Gasteiger charge is 2.27. The van der Waals surface area contributed by atoms with Crippen molar-refractivity contribution in [1.29, 1.82) is 0 Å². The molecule has 1 aliphatic heterocycles. The third kappa shape index (κ3) is 3.07. The lowest BCUT2D eigenvalue weighted by molar-refractivity contribution is -0.126. The van der Waals surface area contributed by atoms with Crippen LogP contribution in [0.4, 0.5) is 0 Å². The molecule has 5 nitrogen and oxygen atoms in total. The highest BCUT2D eigenvalue weighted by molar-refractivity contribution is 5.89. The molecule has 0 aliphatic carbocycles. The molecule has 1 aliphatic rings. The van der Waals surface area contributed by atoms with Crippen LogP contribution in [0.2, 0.25) is 0 Å². The summed E-state index contributed by atoms with van der Waals surface area (Å²) in [7, 11) is 0. The van der Waals surface area contributed by atoms with Crippen LogP contribution in [0.5, 0.6) is 0 Å². The number of amides is 2. The van der Waals surface area contributed by atoms with Crippen molar-refractivity contribution in [2.45, 2.75) is 19.5 Å². The van der Waals surface area contributed by atoms with Gasteiger partial charge in [-0.3, -0.25) is 9.59 Å². The quantitative estimate of drug-likeness (QED) is 0.694. The normalized spacial score (nSPS) is 18.5. The molecule has 0 spiro atoms. The number of rotatable bonds is 4. The molecule has 1 unspecified atom stereocenters. The van der Waals surface area contributed by atoms with E-state index in [4.69, 9.17) is 5.73 Å². The molecule has 18 heavy (non-hydrogen) atoms. The second-order valence-corrected chi connectivity index (χ2v) is 4.44. The minimum absolute atomic E-state index is 0.0533. The Morgan fingerprint density at radius 2 is 2.00 bits per heavy atom. The van der Waals surface area contributed by atoms with E-state index in [9.17, 15) is 9.59 Å². The molecule has 1 aromatic rings. The summed E-state index contributed by atoms with van der Waals surface area (Å²) in [6, 6.07) is 7.78. The summed E-state index contributed by atoms with van der Waals surface area (Å²) < 4.78 is 0. The first-order chi connectivity index (χ1) is 8.69. The summed E-state index contributed by atoms with van der Waals surface area (Å²) in [6.07, 6.45) is 0.290. The van der Waals surface area contributed by atoms with Crippen LogP contribution in [0, 0.1) is 5.92 Å². The summed E-state index contributed by atoms with van der Waals surface area (Å²) >= 11 is 0. The van der Waals surface area contributed by atoms with E-state index in [0.29, 0.717) is 19.6 Å². The first-order valence-electron chi connectivity index (χ1n) is 6.01. The molecule has 2 rings (SSSR count). The van der Waals surface area contributed by atoms with Gasteiger partial charge in [-0.15, -0.1) is 0 Å². The van der Waals surface area contributed by atoms with Gasteiger partial charge in [-0.2, -0.15) is 0 Å². The Hall–Kier alpha value is -1.88. The molecule has 1 fully saturated rings. The number of hydrogen-bond acceptors (Lipinski definition) is 3. The van der Waals surface area contributed by atoms with Crippen LogP contribution in [0.25, 0.3) is 0 Å². The SMILES string of the molecule is NCc1ccc(CNC(=O)C2CNC(=O)C2)cc1. The first-order valence-corrected chi connectivity index (χ1v) is 6.01. The number of carbonyl (C=O) groups is 2. The van der Waals surface area contributed by atoms with Crippen LogP contribution in [0.3, 0.4) is 0 Å². The number of nitrogens with one attached hydrogen (secondary N) is 2. The molecule has 0 aromatic heterocycles. The van der Waals surface area contributed by atoms with E-state index in [-0.39, 0.29) is 24.2 Å². The van der Waals surface area contributed by atoms with Crippen molar-refractivity contribution in [3.63, 3.8) is 0 Å². The van der Waals surface area contributed by atoms with E-state index in [2.05, 4.69) is 10.6 Å². The summed E-state index contributed by atoms with van der Waals surface area (Å²) in [4.78, 5) is 22.8. The molecule has 1 heterocycles. The average Bonchev–Trinajstić information content (AvgIpc) is 2.83. The standard InChI is InChI=1S/C13H17N3O2/c14-6-9-1-3-10(4-2-9)7-16-13(18)11-5-12(17)15-8-11/h1-4,11H,5-8,14H2,(H,15,17)(H,16,18). The molecule has 4 N–H and O–H groups in total. The van der Waals surface area contributed by atoms with Crippen molar-refractivity contribution in [2.24, 2.45) is 11.7 Å². The fourth-order valence-corrected chi connectivity index (χ4v) is 1.92. The zero-order valence-corrected chi connectivity index (χ0v) is 10.1. The van der Waals surface area contributed by atoms with E-state index >= 15 is 0 Å². The van der Waals surface area contributed by atoms with Crippen molar-refractivity contribution in [1.82, 2.24) is 10.6 Å². The van der Waals surface area contributed by atoms with Crippen molar-refractivity contribution in [3.05, 3.63) is 35.4 Å². The predicted octanol–water partition coefficient (Wildman–Crippen LogP) is -0.102. The Kier molecular flexibility index (Phi) is 3.94. The lowest BCUT2D eigenvalue weighted by Crippen LogP contribution is -2.31. The van der Waals surface area contributed by atoms with Crippen LogP contribution in [-0.4, -0.2) is 18.4 Å². The lowest BCUT2D eigenvalue weighted by Gasteiger charge is -2.09. The fraction of sp³-hybridized carbons (Fsp3) is 0.385. The van der Waals surface area contributed by atoms with E-state index in [1.807, 2.05) is 24.3 Å². The molecule has 1 aromatic carbocycles. The zero-order chi connectivity index (χ0) is 13.0. The van der Waals surface area contributed by atoms with Gasteiger partial charge in [0, 0.05) is 26.1 Å². The van der Waals surface area contributed by atoms with E-state index in [0.717, 1.165) is 11.1 Å². The van der Waals surface area contributed by atoms with E-state index in [1.54, 1.807) is 0 Å². The minimum atomic E-state index is -0.235. The maximum atomic E-state index is 11.8. The maximum Gasteiger partial charge on any atom is 0.225 e. The van der Waals surface area contributed by atoms with E-state index in [1.165, 1.54) is 0 Å². The van der Waals surface area contributed by atoms with Gasteiger partial charge in [0.2, 0.25) is 11.8 Å². The van der Waals surface area contributed by atoms with Crippen molar-refractivity contribution in [2.75, 3.05) is 6.54 Å². The van der Waals surface area contributed by atoms with Gasteiger partial charge in [-0.1, -0.05) is 24.3 Å². The average molecular weight is 247 g/mol. The maximum absolute atomic E-state index is 11.8. The second-order valence-electron chi connectivity index (χ2n) is 4.44. The van der Waals surface area contributed by atoms with Crippen LogP contribution in [0.1, 0.15) is 17.5 Å². The summed E-state index contributed by atoms with van der Waals surface area (Å²) in [6.45, 7) is 1.44. The van der Waals surface area contributed by atoms with Crippen molar-refractivity contribution < 1.29 is 9.59 Å². The Morgan fingerprint density at radius 1 is 1.33 bits per heavy atom. The van der Waals surface area contributed by atoms with Crippen molar-refractivity contribution in [3.8, 4) is 0 Å². The molecule has 96 valence electrons. The third-order valence-electron chi connectivity index (χ3n) is 3.07. The Labute approximate surface area is 106 Å². The Morgan fingerprint density at radius 3 is 2.56 bits per heavy atom. The van der Waals surface area contributed by atoms with Gasteiger partial charge < -0.3 is 16.4 Å². The molecule has 0 saturated carbocycles. The second kappa shape index (κ2) is 5.64. The topological polar surface area (TPSA) is 84.2 Å². The number of hydrogen-bond donors (Lipinski definition) is 3. The third-order valence-corrected chi connectivity index (χ3v) is 3.07. The van der Waals surface area contributed by atoms with Crippen LogP contribution < -0.4 is 16.4 Å². The smallest absolute Gasteiger partial charge is 0.225 e. The Balaban J connectivity index is 1.83.